The molecule has 1 atom stereocenters. The maximum atomic E-state index is 12.8. The summed E-state index contributed by atoms with van der Waals surface area (Å²) in [5.41, 5.74) is 3.19. The zero-order valence-corrected chi connectivity index (χ0v) is 13.8. The van der Waals surface area contributed by atoms with Gasteiger partial charge in [-0.15, -0.1) is 23.1 Å². The van der Waals surface area contributed by atoms with Crippen LogP contribution in [-0.4, -0.2) is 23.5 Å². The molecule has 1 aromatic heterocycles. The van der Waals surface area contributed by atoms with E-state index in [1.807, 2.05) is 17.5 Å². The second-order valence-corrected chi connectivity index (χ2v) is 7.09. The van der Waals surface area contributed by atoms with Gasteiger partial charge in [-0.1, -0.05) is 12.1 Å². The van der Waals surface area contributed by atoms with Crippen LogP contribution in [0.5, 0.6) is 0 Å². The number of hydrogen-bond acceptors (Lipinski definition) is 5. The van der Waals surface area contributed by atoms with E-state index < -0.39 is 17.8 Å². The Morgan fingerprint density at radius 1 is 1.43 bits per heavy atom. The van der Waals surface area contributed by atoms with E-state index in [2.05, 4.69) is 4.98 Å². The zero-order valence-electron chi connectivity index (χ0n) is 12.2. The number of hydrogen-bond donors (Lipinski definition) is 0. The largest absolute Gasteiger partial charge is 0.462 e. The number of aromatic nitrogens is 1. The molecule has 0 spiro atoms. The molecule has 23 heavy (non-hydrogen) atoms. The molecule has 1 aliphatic rings. The molecule has 1 heterocycles. The van der Waals surface area contributed by atoms with Crippen molar-refractivity contribution in [3.8, 4) is 0 Å². The van der Waals surface area contributed by atoms with Gasteiger partial charge in [-0.3, -0.25) is 0 Å². The predicted molar refractivity (Wildman–Crippen MR) is 86.1 cm³/mol. The van der Waals surface area contributed by atoms with Crippen LogP contribution in [0.3, 0.4) is 0 Å². The minimum Gasteiger partial charge on any atom is -0.462 e. The number of rotatable bonds is 7. The number of ether oxygens (including phenoxy) is 1. The van der Waals surface area contributed by atoms with E-state index in [0.717, 1.165) is 10.6 Å². The molecule has 1 aromatic carbocycles. The topological polar surface area (TPSA) is 39.2 Å². The number of thioether (sulfide) groups is 1. The Kier molecular flexibility index (Phi) is 4.96. The van der Waals surface area contributed by atoms with E-state index in [0.29, 0.717) is 11.3 Å². The Balaban J connectivity index is 1.54. The molecule has 2 aromatic rings. The summed E-state index contributed by atoms with van der Waals surface area (Å²) in [5, 5.41) is 1.96. The van der Waals surface area contributed by atoms with Gasteiger partial charge in [-0.05, 0) is 18.6 Å². The van der Waals surface area contributed by atoms with Crippen LogP contribution in [0.25, 0.3) is 0 Å². The Bertz CT molecular complexity index is 676. The highest BCUT2D eigenvalue weighted by Crippen LogP contribution is 2.50. The molecular formula is C16H15F2NO2S2. The van der Waals surface area contributed by atoms with Gasteiger partial charge in [0.05, 0.1) is 23.4 Å². The third-order valence-electron chi connectivity index (χ3n) is 3.62. The molecule has 0 bridgehead atoms. The van der Waals surface area contributed by atoms with Crippen LogP contribution in [0.15, 0.2) is 40.1 Å². The second-order valence-electron chi connectivity index (χ2n) is 5.35. The standard InChI is InChI=1S/C16H15F2NO2S2/c17-16(18)7-11(16)5-6-21-15(20)13-3-1-2-4-14(13)23-9-12-8-22-10-19-12/h1-4,8,10-11H,5-7,9H2. The normalized spacial score (nSPS) is 18.6. The van der Waals surface area contributed by atoms with Crippen molar-refractivity contribution in [2.75, 3.05) is 6.61 Å². The number of carbonyl (C=O) groups is 1. The summed E-state index contributed by atoms with van der Waals surface area (Å²) >= 11 is 3.04. The molecule has 1 saturated carbocycles. The van der Waals surface area contributed by atoms with Crippen LogP contribution < -0.4 is 0 Å². The Morgan fingerprint density at radius 2 is 2.22 bits per heavy atom. The molecule has 3 rings (SSSR count). The van der Waals surface area contributed by atoms with E-state index in [-0.39, 0.29) is 19.4 Å². The molecule has 0 saturated heterocycles. The zero-order chi connectivity index (χ0) is 16.3. The summed E-state index contributed by atoms with van der Waals surface area (Å²) in [6.45, 7) is 0.0319. The number of halogens is 2. The van der Waals surface area contributed by atoms with Gasteiger partial charge >= 0.3 is 5.97 Å². The molecule has 122 valence electrons. The first kappa shape index (κ1) is 16.4. The first-order valence-corrected chi connectivity index (χ1v) is 9.13. The SMILES string of the molecule is O=C(OCCC1CC1(F)F)c1ccccc1SCc1cscn1. The summed E-state index contributed by atoms with van der Waals surface area (Å²) < 4.78 is 30.7. The molecular weight excluding hydrogens is 340 g/mol. The van der Waals surface area contributed by atoms with Crippen molar-refractivity contribution in [1.82, 2.24) is 4.98 Å². The molecule has 1 fully saturated rings. The van der Waals surface area contributed by atoms with Gasteiger partial charge in [0.15, 0.2) is 0 Å². The summed E-state index contributed by atoms with van der Waals surface area (Å²) in [6.07, 6.45) is 0.123. The predicted octanol–water partition coefficient (Wildman–Crippen LogP) is 4.64. The highest BCUT2D eigenvalue weighted by atomic mass is 32.2. The maximum absolute atomic E-state index is 12.8. The molecule has 0 N–H and O–H groups in total. The number of carbonyl (C=O) groups excluding carboxylic acids is 1. The van der Waals surface area contributed by atoms with Gasteiger partial charge in [-0.2, -0.15) is 0 Å². The molecule has 0 amide bonds. The van der Waals surface area contributed by atoms with Crippen molar-refractivity contribution in [2.45, 2.75) is 29.4 Å². The van der Waals surface area contributed by atoms with Gasteiger partial charge in [0.25, 0.3) is 5.92 Å². The molecule has 3 nitrogen and oxygen atoms in total. The number of nitrogens with zero attached hydrogens (tertiary/aromatic N) is 1. The maximum Gasteiger partial charge on any atom is 0.339 e. The fourth-order valence-electron chi connectivity index (χ4n) is 2.18. The molecule has 0 aliphatic heterocycles. The summed E-state index contributed by atoms with van der Waals surface area (Å²) in [6, 6.07) is 7.16. The number of alkyl halides is 2. The van der Waals surface area contributed by atoms with Crippen molar-refractivity contribution in [3.05, 3.63) is 46.4 Å². The van der Waals surface area contributed by atoms with Gasteiger partial charge < -0.3 is 4.74 Å². The molecule has 1 unspecified atom stereocenters. The average molecular weight is 355 g/mol. The lowest BCUT2D eigenvalue weighted by Gasteiger charge is -2.09. The highest BCUT2D eigenvalue weighted by Gasteiger charge is 2.56. The van der Waals surface area contributed by atoms with E-state index in [4.69, 9.17) is 4.74 Å². The average Bonchev–Trinajstić information content (AvgIpc) is 2.92. The minimum atomic E-state index is -2.56. The lowest BCUT2D eigenvalue weighted by Crippen LogP contribution is -2.09. The summed E-state index contributed by atoms with van der Waals surface area (Å²) in [7, 11) is 0. The van der Waals surface area contributed by atoms with Crippen LogP contribution in [-0.2, 0) is 10.5 Å². The monoisotopic (exact) mass is 355 g/mol. The van der Waals surface area contributed by atoms with Gasteiger partial charge in [-0.25, -0.2) is 18.6 Å². The Morgan fingerprint density at radius 3 is 2.91 bits per heavy atom. The minimum absolute atomic E-state index is 0.0319. The first-order valence-electron chi connectivity index (χ1n) is 7.20. The molecule has 1 aliphatic carbocycles. The Labute approximate surface area is 141 Å². The highest BCUT2D eigenvalue weighted by molar-refractivity contribution is 7.98. The second kappa shape index (κ2) is 6.97. The van der Waals surface area contributed by atoms with E-state index in [1.54, 1.807) is 17.6 Å². The lowest BCUT2D eigenvalue weighted by atomic mass is 10.2. The van der Waals surface area contributed by atoms with Gasteiger partial charge in [0, 0.05) is 28.4 Å². The van der Waals surface area contributed by atoms with Crippen LogP contribution in [0.4, 0.5) is 8.78 Å². The summed E-state index contributed by atoms with van der Waals surface area (Å²) in [5.74, 6) is -2.99. The van der Waals surface area contributed by atoms with E-state index in [1.165, 1.54) is 23.1 Å². The first-order chi connectivity index (χ1) is 11.1. The number of benzene rings is 1. The Hall–Kier alpha value is -1.47. The number of esters is 1. The van der Waals surface area contributed by atoms with Crippen molar-refractivity contribution < 1.29 is 18.3 Å². The van der Waals surface area contributed by atoms with Crippen molar-refractivity contribution >= 4 is 29.1 Å². The van der Waals surface area contributed by atoms with E-state index >= 15 is 0 Å². The van der Waals surface area contributed by atoms with Crippen LogP contribution in [0, 0.1) is 5.92 Å². The van der Waals surface area contributed by atoms with Crippen molar-refractivity contribution in [2.24, 2.45) is 5.92 Å². The van der Waals surface area contributed by atoms with Gasteiger partial charge in [0.1, 0.15) is 0 Å². The number of thiazole rings is 1. The lowest BCUT2D eigenvalue weighted by molar-refractivity contribution is 0.0448. The fourth-order valence-corrected chi connectivity index (χ4v) is 3.78. The third-order valence-corrected chi connectivity index (χ3v) is 5.36. The van der Waals surface area contributed by atoms with Crippen molar-refractivity contribution in [1.29, 1.82) is 0 Å². The van der Waals surface area contributed by atoms with Crippen LogP contribution >= 0.6 is 23.1 Å². The molecule has 0 radical (unpaired) electrons. The smallest absolute Gasteiger partial charge is 0.339 e. The van der Waals surface area contributed by atoms with E-state index in [9.17, 15) is 13.6 Å². The molecule has 7 heteroatoms. The fraction of sp³-hybridized carbons (Fsp3) is 0.375. The van der Waals surface area contributed by atoms with Crippen molar-refractivity contribution in [3.63, 3.8) is 0 Å². The quantitative estimate of drug-likeness (QED) is 0.536. The third kappa shape index (κ3) is 4.29. The van der Waals surface area contributed by atoms with Crippen LogP contribution in [0.1, 0.15) is 28.9 Å². The van der Waals surface area contributed by atoms with Gasteiger partial charge in [0.2, 0.25) is 0 Å². The van der Waals surface area contributed by atoms with Crippen LogP contribution in [0.2, 0.25) is 0 Å². The summed E-state index contributed by atoms with van der Waals surface area (Å²) in [4.78, 5) is 17.2.